The fourth-order valence-corrected chi connectivity index (χ4v) is 3.72. The Morgan fingerprint density at radius 3 is 2.41 bits per heavy atom. The molecule has 0 bridgehead atoms. The van der Waals surface area contributed by atoms with Gasteiger partial charge in [-0.15, -0.1) is 0 Å². The number of hydrogen-bond donors (Lipinski definition) is 1. The van der Waals surface area contributed by atoms with Gasteiger partial charge in [0.2, 0.25) is 0 Å². The molecule has 1 N–H and O–H groups in total. The van der Waals surface area contributed by atoms with Crippen molar-refractivity contribution in [1.82, 2.24) is 14.4 Å². The molecule has 0 saturated heterocycles. The second kappa shape index (κ2) is 6.91. The van der Waals surface area contributed by atoms with E-state index in [0.29, 0.717) is 0 Å². The predicted molar refractivity (Wildman–Crippen MR) is 116 cm³/mol. The highest BCUT2D eigenvalue weighted by Gasteiger charge is 2.16. The third kappa shape index (κ3) is 2.95. The Labute approximate surface area is 168 Å². The summed E-state index contributed by atoms with van der Waals surface area (Å²) < 4.78 is 2.07. The van der Waals surface area contributed by atoms with Crippen LogP contribution in [-0.2, 0) is 0 Å². The van der Waals surface area contributed by atoms with Gasteiger partial charge in [0.1, 0.15) is 11.4 Å². The Kier molecular flexibility index (Phi) is 4.10. The van der Waals surface area contributed by atoms with Gasteiger partial charge in [0.05, 0.1) is 11.4 Å². The van der Waals surface area contributed by atoms with Crippen LogP contribution in [0.4, 0.5) is 0 Å². The number of aromatic nitrogens is 3. The molecule has 0 fully saturated rings. The van der Waals surface area contributed by atoms with E-state index in [2.05, 4.69) is 33.7 Å². The summed E-state index contributed by atoms with van der Waals surface area (Å²) in [5.41, 5.74) is 7.50. The van der Waals surface area contributed by atoms with E-state index >= 15 is 0 Å². The highest BCUT2D eigenvalue weighted by molar-refractivity contribution is 5.83. The molecule has 4 nitrogen and oxygen atoms in total. The molecule has 0 radical (unpaired) electrons. The van der Waals surface area contributed by atoms with E-state index < -0.39 is 0 Å². The quantitative estimate of drug-likeness (QED) is 0.436. The van der Waals surface area contributed by atoms with Gasteiger partial charge in [0.25, 0.3) is 0 Å². The molecule has 2 aromatic carbocycles. The average Bonchev–Trinajstić information content (AvgIpc) is 3.11. The molecular weight excluding hydrogens is 358 g/mol. The highest BCUT2D eigenvalue weighted by Crippen LogP contribution is 2.34. The number of hydrogen-bond acceptors (Lipinski definition) is 3. The van der Waals surface area contributed by atoms with Crippen molar-refractivity contribution in [2.45, 2.75) is 6.92 Å². The maximum atomic E-state index is 10.3. The van der Waals surface area contributed by atoms with Gasteiger partial charge < -0.3 is 9.51 Å². The number of pyridine rings is 2. The summed E-state index contributed by atoms with van der Waals surface area (Å²) >= 11 is 0. The van der Waals surface area contributed by atoms with E-state index in [4.69, 9.17) is 4.98 Å². The Hall–Kier alpha value is -3.92. The molecule has 3 aromatic heterocycles. The van der Waals surface area contributed by atoms with Crippen molar-refractivity contribution < 1.29 is 5.11 Å². The van der Waals surface area contributed by atoms with Crippen molar-refractivity contribution in [2.24, 2.45) is 0 Å². The zero-order valence-corrected chi connectivity index (χ0v) is 15.9. The molecule has 0 aliphatic carbocycles. The number of benzene rings is 2. The van der Waals surface area contributed by atoms with Gasteiger partial charge in [0.15, 0.2) is 0 Å². The Morgan fingerprint density at radius 1 is 0.793 bits per heavy atom. The van der Waals surface area contributed by atoms with Crippen molar-refractivity contribution in [1.29, 1.82) is 0 Å². The molecule has 0 unspecified atom stereocenters. The average molecular weight is 377 g/mol. The number of imidazole rings is 1. The monoisotopic (exact) mass is 377 g/mol. The molecule has 5 rings (SSSR count). The largest absolute Gasteiger partial charge is 0.507 e. The second-order valence-corrected chi connectivity index (χ2v) is 6.97. The first-order valence-corrected chi connectivity index (χ1v) is 9.50. The van der Waals surface area contributed by atoms with Crippen LogP contribution in [0.25, 0.3) is 39.3 Å². The third-order valence-corrected chi connectivity index (χ3v) is 5.18. The fraction of sp³-hybridized carbons (Fsp3) is 0.0400. The topological polar surface area (TPSA) is 50.4 Å². The zero-order chi connectivity index (χ0) is 19.8. The first-order valence-electron chi connectivity index (χ1n) is 9.50. The minimum atomic E-state index is 0.234. The van der Waals surface area contributed by atoms with Crippen LogP contribution in [0, 0.1) is 6.92 Å². The third-order valence-electron chi connectivity index (χ3n) is 5.18. The van der Waals surface area contributed by atoms with Gasteiger partial charge in [0, 0.05) is 34.8 Å². The number of rotatable bonds is 3. The van der Waals surface area contributed by atoms with Crippen molar-refractivity contribution in [3.63, 3.8) is 0 Å². The first kappa shape index (κ1) is 17.2. The summed E-state index contributed by atoms with van der Waals surface area (Å²) in [7, 11) is 0. The summed E-state index contributed by atoms with van der Waals surface area (Å²) in [4.78, 5) is 9.37. The van der Waals surface area contributed by atoms with Gasteiger partial charge >= 0.3 is 0 Å². The van der Waals surface area contributed by atoms with Gasteiger partial charge in [-0.2, -0.15) is 0 Å². The van der Waals surface area contributed by atoms with Crippen molar-refractivity contribution in [3.05, 3.63) is 97.0 Å². The lowest BCUT2D eigenvalue weighted by Gasteiger charge is -2.07. The number of para-hydroxylation sites is 1. The number of aromatic hydroxyl groups is 1. The maximum absolute atomic E-state index is 10.3. The SMILES string of the molecule is Cc1c(-c2ccccc2O)nc2c(-c3cccc(-c4ccccn4)c3)cccn12. The van der Waals surface area contributed by atoms with Crippen molar-refractivity contribution >= 4 is 5.65 Å². The molecular formula is C25H19N3O. The van der Waals surface area contributed by atoms with E-state index in [-0.39, 0.29) is 5.75 Å². The van der Waals surface area contributed by atoms with E-state index in [1.54, 1.807) is 12.3 Å². The summed E-state index contributed by atoms with van der Waals surface area (Å²) in [6.07, 6.45) is 3.81. The van der Waals surface area contributed by atoms with E-state index in [0.717, 1.165) is 45.0 Å². The summed E-state index contributed by atoms with van der Waals surface area (Å²) in [5, 5.41) is 10.3. The number of nitrogens with zero attached hydrogens (tertiary/aromatic N) is 3. The molecule has 4 heteroatoms. The molecule has 29 heavy (non-hydrogen) atoms. The Balaban J connectivity index is 1.69. The number of phenols is 1. The summed E-state index contributed by atoms with van der Waals surface area (Å²) in [6.45, 7) is 2.02. The number of aryl methyl sites for hydroxylation is 1. The van der Waals surface area contributed by atoms with Crippen LogP contribution in [0.3, 0.4) is 0 Å². The summed E-state index contributed by atoms with van der Waals surface area (Å²) in [6, 6.07) is 25.7. The zero-order valence-electron chi connectivity index (χ0n) is 15.9. The van der Waals surface area contributed by atoms with Crippen molar-refractivity contribution in [3.8, 4) is 39.4 Å². The van der Waals surface area contributed by atoms with Crippen LogP contribution < -0.4 is 0 Å². The standard InChI is InChI=1S/C25H19N3O/c1-17-24(21-10-2-3-13-23(21)29)27-25-20(11-7-15-28(17)25)18-8-6-9-19(16-18)22-12-4-5-14-26-22/h2-16,29H,1H3. The Bertz CT molecular complexity index is 1320. The van der Waals surface area contributed by atoms with Crippen LogP contribution in [0.2, 0.25) is 0 Å². The first-order chi connectivity index (χ1) is 14.2. The van der Waals surface area contributed by atoms with Gasteiger partial charge in [-0.05, 0) is 55.0 Å². The predicted octanol–water partition coefficient (Wildman–Crippen LogP) is 5.74. The molecule has 0 atom stereocenters. The van der Waals surface area contributed by atoms with Crippen LogP contribution in [0.15, 0.2) is 91.3 Å². The Morgan fingerprint density at radius 2 is 1.59 bits per heavy atom. The number of phenolic OH excluding ortho intramolecular Hbond substituents is 1. The van der Waals surface area contributed by atoms with E-state index in [1.165, 1.54) is 0 Å². The van der Waals surface area contributed by atoms with E-state index in [9.17, 15) is 5.11 Å². The molecule has 0 amide bonds. The molecule has 3 heterocycles. The number of fused-ring (bicyclic) bond motifs is 1. The van der Waals surface area contributed by atoms with Crippen LogP contribution in [-0.4, -0.2) is 19.5 Å². The van der Waals surface area contributed by atoms with Crippen LogP contribution >= 0.6 is 0 Å². The van der Waals surface area contributed by atoms with Crippen molar-refractivity contribution in [2.75, 3.05) is 0 Å². The molecule has 140 valence electrons. The van der Waals surface area contributed by atoms with Gasteiger partial charge in [-0.3, -0.25) is 4.98 Å². The fourth-order valence-electron chi connectivity index (χ4n) is 3.72. The van der Waals surface area contributed by atoms with Crippen LogP contribution in [0.1, 0.15) is 5.69 Å². The highest BCUT2D eigenvalue weighted by atomic mass is 16.3. The lowest BCUT2D eigenvalue weighted by molar-refractivity contribution is 0.477. The second-order valence-electron chi connectivity index (χ2n) is 6.97. The molecule has 0 saturated carbocycles. The minimum Gasteiger partial charge on any atom is -0.507 e. The normalized spacial score (nSPS) is 11.1. The smallest absolute Gasteiger partial charge is 0.145 e. The van der Waals surface area contributed by atoms with E-state index in [1.807, 2.05) is 61.7 Å². The maximum Gasteiger partial charge on any atom is 0.145 e. The van der Waals surface area contributed by atoms with Gasteiger partial charge in [-0.25, -0.2) is 4.98 Å². The summed E-state index contributed by atoms with van der Waals surface area (Å²) in [5.74, 6) is 0.234. The lowest BCUT2D eigenvalue weighted by atomic mass is 10.0. The van der Waals surface area contributed by atoms with Crippen LogP contribution in [0.5, 0.6) is 5.75 Å². The van der Waals surface area contributed by atoms with Gasteiger partial charge in [-0.1, -0.05) is 36.4 Å². The molecule has 5 aromatic rings. The lowest BCUT2D eigenvalue weighted by Crippen LogP contribution is -1.90. The molecule has 0 spiro atoms. The molecule has 0 aliphatic rings. The minimum absolute atomic E-state index is 0.234. The molecule has 0 aliphatic heterocycles.